The Morgan fingerprint density at radius 3 is 2.71 bits per heavy atom. The van der Waals surface area contributed by atoms with E-state index in [0.29, 0.717) is 10.6 Å². The molecule has 0 aliphatic carbocycles. The number of rotatable bonds is 2. The van der Waals surface area contributed by atoms with E-state index in [1.807, 2.05) is 6.92 Å². The highest BCUT2D eigenvalue weighted by atomic mass is 35.5. The van der Waals surface area contributed by atoms with Crippen molar-refractivity contribution < 1.29 is 9.18 Å². The predicted octanol–water partition coefficient (Wildman–Crippen LogP) is 3.05. The maximum absolute atomic E-state index is 13.2. The van der Waals surface area contributed by atoms with E-state index >= 15 is 0 Å². The van der Waals surface area contributed by atoms with E-state index in [1.165, 1.54) is 18.2 Å². The number of hydrogen-bond acceptors (Lipinski definition) is 2. The monoisotopic (exact) mass is 255 g/mol. The molecule has 0 spiro atoms. The van der Waals surface area contributed by atoms with Crippen LogP contribution in [0.1, 0.15) is 30.1 Å². The van der Waals surface area contributed by atoms with Crippen LogP contribution >= 0.6 is 11.6 Å². The number of piperidine rings is 1. The molecule has 0 aromatic heterocycles. The van der Waals surface area contributed by atoms with Gasteiger partial charge in [0.25, 0.3) is 0 Å². The van der Waals surface area contributed by atoms with Gasteiger partial charge in [-0.05, 0) is 44.1 Å². The summed E-state index contributed by atoms with van der Waals surface area (Å²) in [7, 11) is 0. The fraction of sp³-hybridized carbons (Fsp3) is 0.462. The Morgan fingerprint density at radius 1 is 1.41 bits per heavy atom. The molecule has 1 N–H and O–H groups in total. The first-order valence-electron chi connectivity index (χ1n) is 5.73. The third kappa shape index (κ3) is 2.50. The molecular formula is C13H15ClFNO. The zero-order chi connectivity index (χ0) is 12.5. The van der Waals surface area contributed by atoms with Gasteiger partial charge in [-0.15, -0.1) is 0 Å². The average Bonchev–Trinajstić information content (AvgIpc) is 2.32. The second-order valence-electron chi connectivity index (χ2n) is 4.76. The second kappa shape index (κ2) is 4.75. The summed E-state index contributed by atoms with van der Waals surface area (Å²) in [5, 5.41) is 3.54. The van der Waals surface area contributed by atoms with Crippen LogP contribution in [0.2, 0.25) is 5.02 Å². The number of hydrogen-bond donors (Lipinski definition) is 1. The highest BCUT2D eigenvalue weighted by Gasteiger charge is 2.36. The highest BCUT2D eigenvalue weighted by Crippen LogP contribution is 2.34. The molecule has 4 heteroatoms. The third-order valence-electron chi connectivity index (χ3n) is 3.43. The van der Waals surface area contributed by atoms with Gasteiger partial charge in [0.15, 0.2) is 5.78 Å². The van der Waals surface area contributed by atoms with Crippen LogP contribution < -0.4 is 5.32 Å². The van der Waals surface area contributed by atoms with Crippen molar-refractivity contribution in [3.63, 3.8) is 0 Å². The molecule has 1 heterocycles. The van der Waals surface area contributed by atoms with Crippen LogP contribution in [0.5, 0.6) is 0 Å². The molecule has 0 bridgehead atoms. The third-order valence-corrected chi connectivity index (χ3v) is 3.76. The van der Waals surface area contributed by atoms with Crippen molar-refractivity contribution in [2.24, 2.45) is 5.41 Å². The SMILES string of the molecule is CC1(C(=O)c2cc(F)ccc2Cl)CCNCC1. The minimum Gasteiger partial charge on any atom is -0.317 e. The summed E-state index contributed by atoms with van der Waals surface area (Å²) >= 11 is 5.97. The number of benzene rings is 1. The van der Waals surface area contributed by atoms with E-state index in [-0.39, 0.29) is 5.78 Å². The van der Waals surface area contributed by atoms with E-state index in [2.05, 4.69) is 5.32 Å². The van der Waals surface area contributed by atoms with Crippen LogP contribution in [-0.2, 0) is 0 Å². The fourth-order valence-corrected chi connectivity index (χ4v) is 2.41. The molecule has 1 saturated heterocycles. The number of carbonyl (C=O) groups excluding carboxylic acids is 1. The predicted molar refractivity (Wildman–Crippen MR) is 66.0 cm³/mol. The van der Waals surface area contributed by atoms with E-state index in [9.17, 15) is 9.18 Å². The Bertz CT molecular complexity index is 441. The number of nitrogens with one attached hydrogen (secondary N) is 1. The standard InChI is InChI=1S/C13H15ClFNO/c1-13(4-6-16-7-5-13)12(17)10-8-9(15)2-3-11(10)14/h2-3,8,16H,4-7H2,1H3. The molecular weight excluding hydrogens is 241 g/mol. The van der Waals surface area contributed by atoms with Crippen molar-refractivity contribution in [2.75, 3.05) is 13.1 Å². The Morgan fingerprint density at radius 2 is 2.06 bits per heavy atom. The first-order chi connectivity index (χ1) is 8.03. The maximum Gasteiger partial charge on any atom is 0.170 e. The first-order valence-corrected chi connectivity index (χ1v) is 6.11. The molecule has 1 aliphatic rings. The quantitative estimate of drug-likeness (QED) is 0.823. The summed E-state index contributed by atoms with van der Waals surface area (Å²) in [5.74, 6) is -0.473. The smallest absolute Gasteiger partial charge is 0.170 e. The molecule has 0 amide bonds. The average molecular weight is 256 g/mol. The largest absolute Gasteiger partial charge is 0.317 e. The summed E-state index contributed by atoms with van der Waals surface area (Å²) in [5.41, 5.74) is -0.126. The van der Waals surface area contributed by atoms with Crippen molar-refractivity contribution >= 4 is 17.4 Å². The van der Waals surface area contributed by atoms with E-state index in [1.54, 1.807) is 0 Å². The van der Waals surface area contributed by atoms with Crippen LogP contribution in [0.25, 0.3) is 0 Å². The number of ketones is 1. The number of Topliss-reactive ketones (excluding diaryl/α,β-unsaturated/α-hetero) is 1. The lowest BCUT2D eigenvalue weighted by Gasteiger charge is -2.32. The van der Waals surface area contributed by atoms with E-state index < -0.39 is 11.2 Å². The Kier molecular flexibility index (Phi) is 3.50. The molecule has 1 aromatic carbocycles. The molecule has 1 aromatic rings. The van der Waals surface area contributed by atoms with Crippen LogP contribution in [0, 0.1) is 11.2 Å². The van der Waals surface area contributed by atoms with Crippen molar-refractivity contribution in [3.8, 4) is 0 Å². The molecule has 2 rings (SSSR count). The Labute approximate surface area is 105 Å². The summed E-state index contributed by atoms with van der Waals surface area (Å²) < 4.78 is 13.2. The molecule has 0 saturated carbocycles. The van der Waals surface area contributed by atoms with Crippen molar-refractivity contribution in [3.05, 3.63) is 34.6 Å². The zero-order valence-electron chi connectivity index (χ0n) is 9.72. The van der Waals surface area contributed by atoms with Crippen LogP contribution in [0.15, 0.2) is 18.2 Å². The Balaban J connectivity index is 2.32. The van der Waals surface area contributed by atoms with Gasteiger partial charge in [0.2, 0.25) is 0 Å². The van der Waals surface area contributed by atoms with Gasteiger partial charge in [-0.3, -0.25) is 4.79 Å². The summed E-state index contributed by atoms with van der Waals surface area (Å²) in [6.45, 7) is 3.56. The van der Waals surface area contributed by atoms with Crippen molar-refractivity contribution in [2.45, 2.75) is 19.8 Å². The minimum atomic E-state index is -0.428. The van der Waals surface area contributed by atoms with Crippen molar-refractivity contribution in [1.29, 1.82) is 0 Å². The number of carbonyl (C=O) groups is 1. The summed E-state index contributed by atoms with van der Waals surface area (Å²) in [6.07, 6.45) is 1.53. The van der Waals surface area contributed by atoms with Gasteiger partial charge in [-0.1, -0.05) is 18.5 Å². The normalized spacial score (nSPS) is 19.0. The molecule has 0 atom stereocenters. The zero-order valence-corrected chi connectivity index (χ0v) is 10.5. The molecule has 1 fully saturated rings. The second-order valence-corrected chi connectivity index (χ2v) is 5.17. The van der Waals surface area contributed by atoms with E-state index in [4.69, 9.17) is 11.6 Å². The molecule has 0 radical (unpaired) electrons. The molecule has 1 aliphatic heterocycles. The molecule has 2 nitrogen and oxygen atoms in total. The molecule has 17 heavy (non-hydrogen) atoms. The van der Waals surface area contributed by atoms with Gasteiger partial charge in [0.05, 0.1) is 5.02 Å². The molecule has 0 unspecified atom stereocenters. The summed E-state index contributed by atoms with van der Waals surface area (Å²) in [4.78, 5) is 12.4. The summed E-state index contributed by atoms with van der Waals surface area (Å²) in [6, 6.07) is 3.94. The van der Waals surface area contributed by atoms with Gasteiger partial charge in [0.1, 0.15) is 5.82 Å². The van der Waals surface area contributed by atoms with Crippen LogP contribution in [0.3, 0.4) is 0 Å². The lowest BCUT2D eigenvalue weighted by molar-refractivity contribution is 0.0762. The van der Waals surface area contributed by atoms with Crippen molar-refractivity contribution in [1.82, 2.24) is 5.32 Å². The lowest BCUT2D eigenvalue weighted by Crippen LogP contribution is -2.40. The fourth-order valence-electron chi connectivity index (χ4n) is 2.20. The van der Waals surface area contributed by atoms with Gasteiger partial charge < -0.3 is 5.32 Å². The van der Waals surface area contributed by atoms with Crippen LogP contribution in [-0.4, -0.2) is 18.9 Å². The maximum atomic E-state index is 13.2. The van der Waals surface area contributed by atoms with Gasteiger partial charge in [-0.25, -0.2) is 4.39 Å². The highest BCUT2D eigenvalue weighted by molar-refractivity contribution is 6.34. The minimum absolute atomic E-state index is 0.0523. The van der Waals surface area contributed by atoms with E-state index in [0.717, 1.165) is 25.9 Å². The lowest BCUT2D eigenvalue weighted by atomic mass is 9.75. The topological polar surface area (TPSA) is 29.1 Å². The van der Waals surface area contributed by atoms with Gasteiger partial charge in [-0.2, -0.15) is 0 Å². The number of halogens is 2. The Hall–Kier alpha value is -0.930. The van der Waals surface area contributed by atoms with Gasteiger partial charge >= 0.3 is 0 Å². The molecule has 92 valence electrons. The first kappa shape index (κ1) is 12.5. The van der Waals surface area contributed by atoms with Gasteiger partial charge in [0, 0.05) is 11.0 Å². The van der Waals surface area contributed by atoms with Crippen LogP contribution in [0.4, 0.5) is 4.39 Å².